The number of aliphatic imine (C=N–C) groups is 1. The molecular weight excluding hydrogens is 390 g/mol. The topological polar surface area (TPSA) is 101 Å². The minimum atomic E-state index is -0.408. The third-order valence-electron chi connectivity index (χ3n) is 6.56. The van der Waals surface area contributed by atoms with Crippen LogP contribution < -0.4 is 11.1 Å². The van der Waals surface area contributed by atoms with E-state index in [-0.39, 0.29) is 30.4 Å². The first-order valence-electron chi connectivity index (χ1n) is 10.9. The number of pyridine rings is 1. The Balaban J connectivity index is 1.48. The Morgan fingerprint density at radius 2 is 2.03 bits per heavy atom. The summed E-state index contributed by atoms with van der Waals surface area (Å²) in [5.74, 6) is 0.0182. The molecule has 1 aromatic carbocycles. The molecule has 7 heteroatoms. The van der Waals surface area contributed by atoms with Gasteiger partial charge in [0.15, 0.2) is 5.96 Å². The summed E-state index contributed by atoms with van der Waals surface area (Å²) in [5, 5.41) is 3.12. The summed E-state index contributed by atoms with van der Waals surface area (Å²) < 4.78 is 0. The minimum Gasteiger partial charge on any atom is -0.369 e. The van der Waals surface area contributed by atoms with Crippen molar-refractivity contribution in [1.82, 2.24) is 15.2 Å². The molecule has 0 unspecified atom stereocenters. The fraction of sp³-hybridized carbons (Fsp3) is 0.417. The van der Waals surface area contributed by atoms with Crippen molar-refractivity contribution in [3.63, 3.8) is 0 Å². The highest BCUT2D eigenvalue weighted by Crippen LogP contribution is 2.31. The van der Waals surface area contributed by atoms with Gasteiger partial charge in [0.25, 0.3) is 5.91 Å². The number of rotatable bonds is 6. The maximum atomic E-state index is 12.9. The van der Waals surface area contributed by atoms with Gasteiger partial charge in [-0.2, -0.15) is 0 Å². The number of hydrogen-bond donors (Lipinski definition) is 2. The van der Waals surface area contributed by atoms with Crippen LogP contribution in [0.4, 0.5) is 0 Å². The zero-order valence-electron chi connectivity index (χ0n) is 18.1. The van der Waals surface area contributed by atoms with Gasteiger partial charge in [-0.05, 0) is 48.4 Å². The molecule has 2 aromatic rings. The van der Waals surface area contributed by atoms with Crippen LogP contribution in [-0.2, 0) is 17.8 Å². The van der Waals surface area contributed by atoms with E-state index in [0.29, 0.717) is 12.0 Å². The van der Waals surface area contributed by atoms with E-state index < -0.39 is 5.54 Å². The molecule has 31 heavy (non-hydrogen) atoms. The Labute approximate surface area is 182 Å². The normalized spacial score (nSPS) is 19.7. The maximum absolute atomic E-state index is 12.9. The van der Waals surface area contributed by atoms with Crippen molar-refractivity contribution in [2.45, 2.75) is 64.1 Å². The van der Waals surface area contributed by atoms with Crippen LogP contribution in [0.25, 0.3) is 0 Å². The standard InChI is InChI=1S/C24H29N5O2/c1-3-24(4-2)12-21(30)29(23(25)28-24)15-16-11-18(14-26-13-16)22(31)27-20-10-9-17-7-5-6-8-19(17)20/h5-8,11,13-14,20H,3-4,9-10,12,15H2,1-2H3,(H2,25,28)(H,27,31)/t20-/m0/s1. The van der Waals surface area contributed by atoms with Gasteiger partial charge in [-0.25, -0.2) is 4.99 Å². The van der Waals surface area contributed by atoms with Gasteiger partial charge in [0.05, 0.1) is 30.1 Å². The molecule has 0 spiro atoms. The summed E-state index contributed by atoms with van der Waals surface area (Å²) >= 11 is 0. The minimum absolute atomic E-state index is 0.00927. The van der Waals surface area contributed by atoms with E-state index in [1.807, 2.05) is 26.0 Å². The summed E-state index contributed by atoms with van der Waals surface area (Å²) in [6.45, 7) is 4.30. The van der Waals surface area contributed by atoms with Gasteiger partial charge in [-0.3, -0.25) is 19.5 Å². The summed E-state index contributed by atoms with van der Waals surface area (Å²) in [5.41, 5.74) is 9.42. The van der Waals surface area contributed by atoms with Crippen LogP contribution in [0, 0.1) is 0 Å². The van der Waals surface area contributed by atoms with Crippen molar-refractivity contribution in [2.24, 2.45) is 10.7 Å². The molecular formula is C24H29N5O2. The van der Waals surface area contributed by atoms with Crippen LogP contribution in [0.1, 0.15) is 72.6 Å². The van der Waals surface area contributed by atoms with Gasteiger partial charge in [0.2, 0.25) is 5.91 Å². The van der Waals surface area contributed by atoms with E-state index in [1.54, 1.807) is 18.5 Å². The number of fused-ring (bicyclic) bond motifs is 1. The zero-order valence-corrected chi connectivity index (χ0v) is 18.1. The van der Waals surface area contributed by atoms with E-state index in [0.717, 1.165) is 31.2 Å². The van der Waals surface area contributed by atoms with Crippen molar-refractivity contribution in [2.75, 3.05) is 0 Å². The lowest BCUT2D eigenvalue weighted by molar-refractivity contribution is -0.130. The zero-order chi connectivity index (χ0) is 22.0. The average molecular weight is 420 g/mol. The van der Waals surface area contributed by atoms with Crippen molar-refractivity contribution in [1.29, 1.82) is 0 Å². The Morgan fingerprint density at radius 3 is 2.77 bits per heavy atom. The molecule has 1 aliphatic carbocycles. The molecule has 0 saturated carbocycles. The van der Waals surface area contributed by atoms with Gasteiger partial charge >= 0.3 is 0 Å². The Kier molecular flexibility index (Phi) is 5.76. The fourth-order valence-corrected chi connectivity index (χ4v) is 4.50. The quantitative estimate of drug-likeness (QED) is 0.751. The number of aryl methyl sites for hydroxylation is 1. The molecule has 162 valence electrons. The highest BCUT2D eigenvalue weighted by molar-refractivity contribution is 5.99. The Bertz CT molecular complexity index is 1030. The second-order valence-corrected chi connectivity index (χ2v) is 8.40. The van der Waals surface area contributed by atoms with Crippen molar-refractivity contribution in [3.05, 3.63) is 65.0 Å². The number of carbonyl (C=O) groups is 2. The van der Waals surface area contributed by atoms with Crippen molar-refractivity contribution >= 4 is 17.8 Å². The van der Waals surface area contributed by atoms with Crippen molar-refractivity contribution in [3.8, 4) is 0 Å². The molecule has 2 aliphatic rings. The lowest BCUT2D eigenvalue weighted by Gasteiger charge is -2.36. The lowest BCUT2D eigenvalue weighted by atomic mass is 9.88. The number of benzene rings is 1. The third kappa shape index (κ3) is 4.17. The molecule has 1 aromatic heterocycles. The van der Waals surface area contributed by atoms with Gasteiger partial charge in [0, 0.05) is 12.4 Å². The van der Waals surface area contributed by atoms with Gasteiger partial charge < -0.3 is 11.1 Å². The summed E-state index contributed by atoms with van der Waals surface area (Å²) in [4.78, 5) is 36.0. The number of hydrogen-bond acceptors (Lipinski definition) is 5. The maximum Gasteiger partial charge on any atom is 0.253 e. The van der Waals surface area contributed by atoms with Crippen LogP contribution in [-0.4, -0.2) is 33.2 Å². The number of nitrogens with zero attached hydrogens (tertiary/aromatic N) is 3. The van der Waals surface area contributed by atoms with Gasteiger partial charge in [-0.1, -0.05) is 38.1 Å². The van der Waals surface area contributed by atoms with Gasteiger partial charge in [0.1, 0.15) is 0 Å². The van der Waals surface area contributed by atoms with Gasteiger partial charge in [-0.15, -0.1) is 0 Å². The van der Waals surface area contributed by atoms with Crippen LogP contribution in [0.5, 0.6) is 0 Å². The number of nitrogens with two attached hydrogens (primary N) is 1. The summed E-state index contributed by atoms with van der Waals surface area (Å²) in [6.07, 6.45) is 6.94. The monoisotopic (exact) mass is 419 g/mol. The second-order valence-electron chi connectivity index (χ2n) is 8.40. The molecule has 1 aliphatic heterocycles. The molecule has 2 heterocycles. The Hall–Kier alpha value is -3.22. The lowest BCUT2D eigenvalue weighted by Crippen LogP contribution is -2.50. The van der Waals surface area contributed by atoms with E-state index in [4.69, 9.17) is 5.73 Å². The molecule has 0 fully saturated rings. The largest absolute Gasteiger partial charge is 0.369 e. The number of aromatic nitrogens is 1. The predicted molar refractivity (Wildman–Crippen MR) is 119 cm³/mol. The van der Waals surface area contributed by atoms with E-state index in [9.17, 15) is 9.59 Å². The molecule has 4 rings (SSSR count). The fourth-order valence-electron chi connectivity index (χ4n) is 4.50. The average Bonchev–Trinajstić information content (AvgIpc) is 3.19. The molecule has 0 saturated heterocycles. The number of nitrogens with one attached hydrogen (secondary N) is 1. The Morgan fingerprint density at radius 1 is 1.26 bits per heavy atom. The van der Waals surface area contributed by atoms with E-state index in [2.05, 4.69) is 27.4 Å². The number of guanidine groups is 1. The smallest absolute Gasteiger partial charge is 0.253 e. The molecule has 3 N–H and O–H groups in total. The first-order valence-corrected chi connectivity index (χ1v) is 10.9. The van der Waals surface area contributed by atoms with Crippen LogP contribution >= 0.6 is 0 Å². The molecule has 0 radical (unpaired) electrons. The highest BCUT2D eigenvalue weighted by atomic mass is 16.2. The first-order chi connectivity index (χ1) is 14.9. The molecule has 2 amide bonds. The summed E-state index contributed by atoms with van der Waals surface area (Å²) in [7, 11) is 0. The van der Waals surface area contributed by atoms with Crippen LogP contribution in [0.3, 0.4) is 0 Å². The van der Waals surface area contributed by atoms with E-state index in [1.165, 1.54) is 16.0 Å². The summed E-state index contributed by atoms with van der Waals surface area (Å²) in [6, 6.07) is 9.98. The molecule has 7 nitrogen and oxygen atoms in total. The van der Waals surface area contributed by atoms with Crippen LogP contribution in [0.15, 0.2) is 47.7 Å². The predicted octanol–water partition coefficient (Wildman–Crippen LogP) is 3.10. The number of carbonyl (C=O) groups excluding carboxylic acids is 2. The highest BCUT2D eigenvalue weighted by Gasteiger charge is 2.37. The number of amides is 2. The second kappa shape index (κ2) is 8.49. The third-order valence-corrected chi connectivity index (χ3v) is 6.56. The van der Waals surface area contributed by atoms with E-state index >= 15 is 0 Å². The molecule has 1 atom stereocenters. The SMILES string of the molecule is CCC1(CC)CC(=O)N(Cc2cncc(C(=O)N[C@H]3CCc4ccccc43)c2)C(N)=N1. The van der Waals surface area contributed by atoms with Crippen LogP contribution in [0.2, 0.25) is 0 Å². The van der Waals surface area contributed by atoms with Crippen molar-refractivity contribution < 1.29 is 9.59 Å². The molecule has 0 bridgehead atoms. The first kappa shape index (κ1) is 21.0.